The quantitative estimate of drug-likeness (QED) is 0.344. The molecule has 0 saturated carbocycles. The number of hydrogen-bond acceptors (Lipinski definition) is 2. The van der Waals surface area contributed by atoms with Crippen LogP contribution in [-0.2, 0) is 0 Å². The zero-order valence-corrected chi connectivity index (χ0v) is 7.25. The zero-order chi connectivity index (χ0) is 7.11. The first kappa shape index (κ1) is 9.31. The molecule has 1 N–H and O–H groups in total. The van der Waals surface area contributed by atoms with Gasteiger partial charge in [0.05, 0.1) is 0 Å². The summed E-state index contributed by atoms with van der Waals surface area (Å²) in [6.07, 6.45) is 5.11. The van der Waals surface area contributed by atoms with E-state index in [1.807, 2.05) is 7.05 Å². The summed E-state index contributed by atoms with van der Waals surface area (Å²) in [5.41, 5.74) is 0. The van der Waals surface area contributed by atoms with Gasteiger partial charge in [-0.1, -0.05) is 26.2 Å². The lowest BCUT2D eigenvalue weighted by molar-refractivity contribution is 0.608. The van der Waals surface area contributed by atoms with Crippen molar-refractivity contribution in [3.05, 3.63) is 0 Å². The van der Waals surface area contributed by atoms with Gasteiger partial charge in [0, 0.05) is 5.37 Å². The largest absolute Gasteiger partial charge is 0.309 e. The molecule has 1 unspecified atom stereocenters. The first-order chi connectivity index (χ1) is 4.31. The van der Waals surface area contributed by atoms with Crippen LogP contribution in [0, 0.1) is 0 Å². The topological polar surface area (TPSA) is 12.0 Å². The maximum absolute atomic E-state index is 4.29. The fourth-order valence-electron chi connectivity index (χ4n) is 0.732. The highest BCUT2D eigenvalue weighted by Gasteiger charge is 1.95. The van der Waals surface area contributed by atoms with E-state index in [9.17, 15) is 0 Å². The Morgan fingerprint density at radius 1 is 1.44 bits per heavy atom. The average molecular weight is 147 g/mol. The molecule has 0 fully saturated rings. The standard InChI is InChI=1S/C7H17NS/c1-3-4-5-6-7(9)8-2/h7-9H,3-6H2,1-2H3. The first-order valence-corrected chi connectivity index (χ1v) is 4.18. The van der Waals surface area contributed by atoms with Crippen LogP contribution in [0.5, 0.6) is 0 Å². The third-order valence-electron chi connectivity index (χ3n) is 1.41. The van der Waals surface area contributed by atoms with Crippen LogP contribution < -0.4 is 5.32 Å². The van der Waals surface area contributed by atoms with Gasteiger partial charge in [0.1, 0.15) is 0 Å². The van der Waals surface area contributed by atoms with Crippen molar-refractivity contribution in [3.63, 3.8) is 0 Å². The van der Waals surface area contributed by atoms with Gasteiger partial charge in [-0.25, -0.2) is 0 Å². The summed E-state index contributed by atoms with van der Waals surface area (Å²) in [7, 11) is 1.95. The van der Waals surface area contributed by atoms with Crippen molar-refractivity contribution >= 4 is 12.6 Å². The van der Waals surface area contributed by atoms with Gasteiger partial charge in [-0.05, 0) is 13.5 Å². The molecule has 0 bridgehead atoms. The number of rotatable bonds is 5. The molecule has 0 radical (unpaired) electrons. The minimum Gasteiger partial charge on any atom is -0.309 e. The summed E-state index contributed by atoms with van der Waals surface area (Å²) in [6, 6.07) is 0. The molecule has 0 rings (SSSR count). The van der Waals surface area contributed by atoms with E-state index < -0.39 is 0 Å². The highest BCUT2D eigenvalue weighted by Crippen LogP contribution is 2.04. The number of hydrogen-bond donors (Lipinski definition) is 2. The molecule has 1 atom stereocenters. The van der Waals surface area contributed by atoms with Crippen LogP contribution in [0.4, 0.5) is 0 Å². The molecule has 0 aliphatic carbocycles. The zero-order valence-electron chi connectivity index (χ0n) is 6.35. The summed E-state index contributed by atoms with van der Waals surface area (Å²) >= 11 is 4.29. The average Bonchev–Trinajstić information content (AvgIpc) is 1.89. The molecule has 0 aromatic carbocycles. The van der Waals surface area contributed by atoms with Gasteiger partial charge in [-0.2, -0.15) is 12.6 Å². The third-order valence-corrected chi connectivity index (χ3v) is 1.93. The molecule has 56 valence electrons. The van der Waals surface area contributed by atoms with Crippen molar-refractivity contribution in [2.45, 2.75) is 38.0 Å². The molecule has 0 aliphatic rings. The van der Waals surface area contributed by atoms with Crippen LogP contribution in [0.15, 0.2) is 0 Å². The maximum Gasteiger partial charge on any atom is 0.0499 e. The van der Waals surface area contributed by atoms with Gasteiger partial charge in [0.15, 0.2) is 0 Å². The van der Waals surface area contributed by atoms with Crippen molar-refractivity contribution in [2.75, 3.05) is 7.05 Å². The van der Waals surface area contributed by atoms with Gasteiger partial charge in [0.25, 0.3) is 0 Å². The second kappa shape index (κ2) is 6.43. The van der Waals surface area contributed by atoms with Crippen LogP contribution in [0.1, 0.15) is 32.6 Å². The fraction of sp³-hybridized carbons (Fsp3) is 1.00. The molecule has 0 aromatic rings. The van der Waals surface area contributed by atoms with Gasteiger partial charge in [-0.15, -0.1) is 0 Å². The number of unbranched alkanes of at least 4 members (excludes halogenated alkanes) is 2. The lowest BCUT2D eigenvalue weighted by atomic mass is 10.2. The van der Waals surface area contributed by atoms with E-state index in [1.165, 1.54) is 25.7 Å². The summed E-state index contributed by atoms with van der Waals surface area (Å²) < 4.78 is 0. The van der Waals surface area contributed by atoms with Crippen LogP contribution >= 0.6 is 12.6 Å². The van der Waals surface area contributed by atoms with E-state index in [2.05, 4.69) is 24.9 Å². The van der Waals surface area contributed by atoms with E-state index in [4.69, 9.17) is 0 Å². The van der Waals surface area contributed by atoms with E-state index in [-0.39, 0.29) is 0 Å². The highest BCUT2D eigenvalue weighted by atomic mass is 32.1. The molecule has 9 heavy (non-hydrogen) atoms. The Balaban J connectivity index is 2.88. The Bertz CT molecular complexity index is 56.9. The number of thiol groups is 1. The maximum atomic E-state index is 4.29. The van der Waals surface area contributed by atoms with Crippen LogP contribution in [0.2, 0.25) is 0 Å². The highest BCUT2D eigenvalue weighted by molar-refractivity contribution is 7.80. The fourth-order valence-corrected chi connectivity index (χ4v) is 0.915. The molecule has 0 aromatic heterocycles. The lowest BCUT2D eigenvalue weighted by Crippen LogP contribution is -2.17. The Kier molecular flexibility index (Phi) is 6.65. The predicted octanol–water partition coefficient (Wildman–Crippen LogP) is 2.04. The van der Waals surface area contributed by atoms with E-state index in [0.717, 1.165) is 0 Å². The van der Waals surface area contributed by atoms with Crippen LogP contribution in [0.3, 0.4) is 0 Å². The molecular formula is C7H17NS. The van der Waals surface area contributed by atoms with E-state index >= 15 is 0 Å². The van der Waals surface area contributed by atoms with E-state index in [1.54, 1.807) is 0 Å². The Morgan fingerprint density at radius 2 is 2.11 bits per heavy atom. The Hall–Kier alpha value is 0.310. The van der Waals surface area contributed by atoms with Gasteiger partial charge in [-0.3, -0.25) is 0 Å². The minimum atomic E-state index is 0.400. The Labute approximate surface area is 63.6 Å². The summed E-state index contributed by atoms with van der Waals surface area (Å²) in [4.78, 5) is 0. The first-order valence-electron chi connectivity index (χ1n) is 3.66. The van der Waals surface area contributed by atoms with Gasteiger partial charge < -0.3 is 5.32 Å². The molecule has 0 saturated heterocycles. The molecule has 0 spiro atoms. The summed E-state index contributed by atoms with van der Waals surface area (Å²) in [5.74, 6) is 0. The van der Waals surface area contributed by atoms with Crippen molar-refractivity contribution in [2.24, 2.45) is 0 Å². The molecule has 0 amide bonds. The van der Waals surface area contributed by atoms with Crippen molar-refractivity contribution in [1.29, 1.82) is 0 Å². The minimum absolute atomic E-state index is 0.400. The third kappa shape index (κ3) is 6.19. The smallest absolute Gasteiger partial charge is 0.0499 e. The van der Waals surface area contributed by atoms with Crippen molar-refractivity contribution in [3.8, 4) is 0 Å². The predicted molar refractivity (Wildman–Crippen MR) is 46.0 cm³/mol. The number of nitrogens with one attached hydrogen (secondary N) is 1. The summed E-state index contributed by atoms with van der Waals surface area (Å²) in [6.45, 7) is 2.22. The van der Waals surface area contributed by atoms with Gasteiger partial charge in [0.2, 0.25) is 0 Å². The molecule has 0 heterocycles. The van der Waals surface area contributed by atoms with Crippen LogP contribution in [-0.4, -0.2) is 12.4 Å². The van der Waals surface area contributed by atoms with E-state index in [0.29, 0.717) is 5.37 Å². The monoisotopic (exact) mass is 147 g/mol. The van der Waals surface area contributed by atoms with Gasteiger partial charge >= 0.3 is 0 Å². The molecule has 1 nitrogen and oxygen atoms in total. The SMILES string of the molecule is CCCCCC(S)NC. The van der Waals surface area contributed by atoms with Crippen LogP contribution in [0.25, 0.3) is 0 Å². The van der Waals surface area contributed by atoms with Crippen molar-refractivity contribution in [1.82, 2.24) is 5.32 Å². The normalized spacial score (nSPS) is 13.7. The molecular weight excluding hydrogens is 130 g/mol. The lowest BCUT2D eigenvalue weighted by Gasteiger charge is -2.06. The second-order valence-electron chi connectivity index (χ2n) is 2.30. The molecule has 2 heteroatoms. The van der Waals surface area contributed by atoms with Crippen molar-refractivity contribution < 1.29 is 0 Å². The molecule has 0 aliphatic heterocycles. The Morgan fingerprint density at radius 3 is 2.56 bits per heavy atom. The second-order valence-corrected chi connectivity index (χ2v) is 2.92. The summed E-state index contributed by atoms with van der Waals surface area (Å²) in [5, 5.41) is 3.49.